The summed E-state index contributed by atoms with van der Waals surface area (Å²) in [7, 11) is 0. The summed E-state index contributed by atoms with van der Waals surface area (Å²) in [5.41, 5.74) is 8.82. The molecule has 5 N–H and O–H groups in total. The van der Waals surface area contributed by atoms with Gasteiger partial charge >= 0.3 is 0 Å². The van der Waals surface area contributed by atoms with Gasteiger partial charge in [0.05, 0.1) is 5.70 Å². The van der Waals surface area contributed by atoms with Crippen LogP contribution in [0.15, 0.2) is 24.2 Å². The molecule has 0 aliphatic carbocycles. The van der Waals surface area contributed by atoms with Gasteiger partial charge < -0.3 is 16.3 Å². The molecule has 1 aliphatic heterocycles. The van der Waals surface area contributed by atoms with Crippen molar-refractivity contribution >= 4 is 0 Å². The van der Waals surface area contributed by atoms with E-state index in [2.05, 4.69) is 16.3 Å². The number of hydrogen-bond acceptors (Lipinski definition) is 4. The van der Waals surface area contributed by atoms with Crippen LogP contribution >= 0.6 is 0 Å². The van der Waals surface area contributed by atoms with Crippen LogP contribution in [0.3, 0.4) is 0 Å². The lowest BCUT2D eigenvalue weighted by atomic mass is 10.4. The number of hydrogen-bond donors (Lipinski definition) is 4. The van der Waals surface area contributed by atoms with Gasteiger partial charge in [0.15, 0.2) is 0 Å². The molecule has 0 aromatic heterocycles. The largest absolute Gasteiger partial charge is 0.323 e. The minimum Gasteiger partial charge on any atom is -0.323 e. The molecule has 0 aromatic rings. The van der Waals surface area contributed by atoms with Crippen molar-refractivity contribution in [2.24, 2.45) is 5.84 Å². The van der Waals surface area contributed by atoms with E-state index < -0.39 is 0 Å². The number of nitrogens with two attached hydrogens (primary N) is 1. The van der Waals surface area contributed by atoms with Crippen LogP contribution in [0, 0.1) is 0 Å². The van der Waals surface area contributed by atoms with Crippen LogP contribution in [-0.2, 0) is 0 Å². The third kappa shape index (κ3) is 0.913. The zero-order valence-corrected chi connectivity index (χ0v) is 4.31. The number of allylic oxidation sites excluding steroid dienone is 1. The SMILES string of the molecule is NNC1=CNNC=C1. The zero-order valence-electron chi connectivity index (χ0n) is 4.31. The Hall–Kier alpha value is -1.16. The Bertz CT molecular complexity index is 126. The predicted octanol–water partition coefficient (Wildman–Crippen LogP) is -1.09. The van der Waals surface area contributed by atoms with Gasteiger partial charge in [-0.3, -0.25) is 5.84 Å². The van der Waals surface area contributed by atoms with Gasteiger partial charge in [0.1, 0.15) is 0 Å². The molecule has 0 unspecified atom stereocenters. The summed E-state index contributed by atoms with van der Waals surface area (Å²) in [6.07, 6.45) is 5.28. The summed E-state index contributed by atoms with van der Waals surface area (Å²) in [5.74, 6) is 5.07. The summed E-state index contributed by atoms with van der Waals surface area (Å²) >= 11 is 0. The molecule has 1 heterocycles. The first-order chi connectivity index (χ1) is 3.93. The van der Waals surface area contributed by atoms with Crippen LogP contribution in [0.1, 0.15) is 0 Å². The Labute approximate surface area is 47.4 Å². The van der Waals surface area contributed by atoms with Crippen molar-refractivity contribution in [3.05, 3.63) is 24.2 Å². The highest BCUT2D eigenvalue weighted by molar-refractivity contribution is 5.16. The van der Waals surface area contributed by atoms with Crippen LogP contribution < -0.4 is 22.1 Å². The fourth-order valence-corrected chi connectivity index (χ4v) is 0.437. The fraction of sp³-hybridized carbons (Fsp3) is 0. The smallest absolute Gasteiger partial charge is 0.0676 e. The molecule has 0 aromatic carbocycles. The van der Waals surface area contributed by atoms with Crippen molar-refractivity contribution in [3.8, 4) is 0 Å². The van der Waals surface area contributed by atoms with Gasteiger partial charge in [-0.1, -0.05) is 0 Å². The summed E-state index contributed by atoms with van der Waals surface area (Å²) < 4.78 is 0. The molecular weight excluding hydrogens is 104 g/mol. The maximum Gasteiger partial charge on any atom is 0.0676 e. The second kappa shape index (κ2) is 2.23. The second-order valence-electron chi connectivity index (χ2n) is 1.37. The molecule has 0 amide bonds. The molecule has 1 aliphatic rings. The topological polar surface area (TPSA) is 62.1 Å². The predicted molar refractivity (Wildman–Crippen MR) is 30.8 cm³/mol. The number of rotatable bonds is 1. The first-order valence-corrected chi connectivity index (χ1v) is 2.28. The Morgan fingerprint density at radius 2 is 2.38 bits per heavy atom. The van der Waals surface area contributed by atoms with E-state index in [9.17, 15) is 0 Å². The van der Waals surface area contributed by atoms with Crippen LogP contribution in [-0.4, -0.2) is 0 Å². The highest BCUT2D eigenvalue weighted by Crippen LogP contribution is 1.87. The van der Waals surface area contributed by atoms with E-state index >= 15 is 0 Å². The lowest BCUT2D eigenvalue weighted by Gasteiger charge is -2.07. The van der Waals surface area contributed by atoms with E-state index in [-0.39, 0.29) is 0 Å². The van der Waals surface area contributed by atoms with Crippen molar-refractivity contribution in [1.29, 1.82) is 0 Å². The molecule has 0 atom stereocenters. The van der Waals surface area contributed by atoms with Crippen LogP contribution in [0.5, 0.6) is 0 Å². The van der Waals surface area contributed by atoms with Gasteiger partial charge in [-0.05, 0) is 6.08 Å². The summed E-state index contributed by atoms with van der Waals surface area (Å²) in [6.45, 7) is 0. The first-order valence-electron chi connectivity index (χ1n) is 2.28. The third-order valence-electron chi connectivity index (χ3n) is 0.824. The summed E-state index contributed by atoms with van der Waals surface area (Å²) in [6, 6.07) is 0. The molecule has 0 bridgehead atoms. The monoisotopic (exact) mass is 112 g/mol. The molecule has 8 heavy (non-hydrogen) atoms. The van der Waals surface area contributed by atoms with Crippen molar-refractivity contribution in [3.63, 3.8) is 0 Å². The van der Waals surface area contributed by atoms with Crippen molar-refractivity contribution in [1.82, 2.24) is 16.3 Å². The van der Waals surface area contributed by atoms with Crippen molar-refractivity contribution in [2.75, 3.05) is 0 Å². The van der Waals surface area contributed by atoms with E-state index in [1.807, 2.05) is 6.08 Å². The van der Waals surface area contributed by atoms with Crippen LogP contribution in [0.2, 0.25) is 0 Å². The van der Waals surface area contributed by atoms with E-state index in [4.69, 9.17) is 5.84 Å². The number of nitrogens with one attached hydrogen (secondary N) is 3. The first kappa shape index (κ1) is 4.99. The Morgan fingerprint density at radius 1 is 1.50 bits per heavy atom. The van der Waals surface area contributed by atoms with Gasteiger partial charge in [0.2, 0.25) is 0 Å². The Balaban J connectivity index is 2.51. The van der Waals surface area contributed by atoms with Gasteiger partial charge in [-0.25, -0.2) is 0 Å². The van der Waals surface area contributed by atoms with Gasteiger partial charge in [-0.2, -0.15) is 0 Å². The quantitative estimate of drug-likeness (QED) is 0.257. The average molecular weight is 112 g/mol. The van der Waals surface area contributed by atoms with E-state index in [1.54, 1.807) is 12.4 Å². The molecule has 0 saturated heterocycles. The van der Waals surface area contributed by atoms with Crippen LogP contribution in [0.25, 0.3) is 0 Å². The standard InChI is InChI=1S/C4H8N4/c5-8-4-1-2-6-7-3-4/h1-3,6-8H,5H2. The summed E-state index contributed by atoms with van der Waals surface area (Å²) in [5, 5.41) is 0. The Kier molecular flexibility index (Phi) is 1.39. The van der Waals surface area contributed by atoms with Crippen molar-refractivity contribution < 1.29 is 0 Å². The molecule has 4 heteroatoms. The van der Waals surface area contributed by atoms with E-state index in [1.165, 1.54) is 0 Å². The number of hydrazine groups is 2. The second-order valence-corrected chi connectivity index (χ2v) is 1.37. The maximum absolute atomic E-state index is 5.07. The molecule has 0 radical (unpaired) electrons. The Morgan fingerprint density at radius 3 is 2.75 bits per heavy atom. The highest BCUT2D eigenvalue weighted by Gasteiger charge is 1.87. The zero-order chi connectivity index (χ0) is 5.82. The average Bonchev–Trinajstić information content (AvgIpc) is 1.90. The summed E-state index contributed by atoms with van der Waals surface area (Å²) in [4.78, 5) is 0. The van der Waals surface area contributed by atoms with Gasteiger partial charge in [0.25, 0.3) is 0 Å². The van der Waals surface area contributed by atoms with E-state index in [0.29, 0.717) is 0 Å². The molecule has 1 rings (SSSR count). The van der Waals surface area contributed by atoms with Crippen LogP contribution in [0.4, 0.5) is 0 Å². The minimum atomic E-state index is 0.851. The van der Waals surface area contributed by atoms with Gasteiger partial charge in [-0.15, -0.1) is 0 Å². The minimum absolute atomic E-state index is 0.851. The normalized spacial score (nSPS) is 15.9. The van der Waals surface area contributed by atoms with E-state index in [0.717, 1.165) is 5.70 Å². The third-order valence-corrected chi connectivity index (χ3v) is 0.824. The molecule has 4 nitrogen and oxygen atoms in total. The fourth-order valence-electron chi connectivity index (χ4n) is 0.437. The molecule has 0 spiro atoms. The lowest BCUT2D eigenvalue weighted by molar-refractivity contribution is 0.735. The molecule has 44 valence electrons. The molecule has 0 saturated carbocycles. The lowest BCUT2D eigenvalue weighted by Crippen LogP contribution is -2.29. The maximum atomic E-state index is 5.07. The molecule has 0 fully saturated rings. The molecular formula is C4H8N4. The van der Waals surface area contributed by atoms with Crippen molar-refractivity contribution in [2.45, 2.75) is 0 Å². The van der Waals surface area contributed by atoms with Gasteiger partial charge in [0, 0.05) is 12.4 Å². The highest BCUT2D eigenvalue weighted by atomic mass is 15.3.